The zero-order chi connectivity index (χ0) is 22.1. The second-order valence-corrected chi connectivity index (χ2v) is 8.01. The van der Waals surface area contributed by atoms with Crippen molar-refractivity contribution in [1.29, 1.82) is 0 Å². The highest BCUT2D eigenvalue weighted by Gasteiger charge is 2.37. The highest BCUT2D eigenvalue weighted by Crippen LogP contribution is 2.39. The molecule has 7 heteroatoms. The first-order chi connectivity index (χ1) is 14.9. The Morgan fingerprint density at radius 3 is 2.58 bits per heavy atom. The third-order valence-corrected chi connectivity index (χ3v) is 5.93. The average molecular weight is 419 g/mol. The van der Waals surface area contributed by atoms with E-state index in [1.165, 1.54) is 7.11 Å². The standard InChI is InChI=1S/C24H25N3O4/c1-14-11-20-21(12-15(14)2)27(23(29)18-5-4-6-19(18)26-20)13-22(28)25-17-9-7-16(8-10-17)24(30)31-3/h7-12,18H,4-6,13H2,1-3H3,(H,25,28)/t18-/m0/s1. The summed E-state index contributed by atoms with van der Waals surface area (Å²) >= 11 is 0. The van der Waals surface area contributed by atoms with Crippen LogP contribution in [0, 0.1) is 19.8 Å². The van der Waals surface area contributed by atoms with Crippen LogP contribution in [0.15, 0.2) is 41.4 Å². The van der Waals surface area contributed by atoms with Crippen molar-refractivity contribution in [3.8, 4) is 0 Å². The molecule has 4 rings (SSSR count). The molecule has 0 bridgehead atoms. The molecule has 7 nitrogen and oxygen atoms in total. The lowest BCUT2D eigenvalue weighted by Crippen LogP contribution is -2.42. The third kappa shape index (κ3) is 4.08. The summed E-state index contributed by atoms with van der Waals surface area (Å²) in [7, 11) is 1.32. The van der Waals surface area contributed by atoms with E-state index in [2.05, 4.69) is 10.1 Å². The van der Waals surface area contributed by atoms with Crippen molar-refractivity contribution in [2.45, 2.75) is 33.1 Å². The Hall–Kier alpha value is -3.48. The monoisotopic (exact) mass is 419 g/mol. The van der Waals surface area contributed by atoms with Gasteiger partial charge in [-0.25, -0.2) is 4.79 Å². The van der Waals surface area contributed by atoms with Gasteiger partial charge in [-0.15, -0.1) is 0 Å². The molecule has 2 amide bonds. The van der Waals surface area contributed by atoms with Crippen molar-refractivity contribution in [3.05, 3.63) is 53.1 Å². The van der Waals surface area contributed by atoms with Crippen molar-refractivity contribution in [2.75, 3.05) is 23.9 Å². The Bertz CT molecular complexity index is 1090. The van der Waals surface area contributed by atoms with Gasteiger partial charge in [-0.2, -0.15) is 0 Å². The Morgan fingerprint density at radius 2 is 1.87 bits per heavy atom. The predicted octanol–water partition coefficient (Wildman–Crippen LogP) is 3.95. The molecule has 160 valence electrons. The molecule has 1 aliphatic carbocycles. The average Bonchev–Trinajstić information content (AvgIpc) is 3.19. The fourth-order valence-corrected chi connectivity index (χ4v) is 4.10. The number of rotatable bonds is 4. The van der Waals surface area contributed by atoms with Gasteiger partial charge in [0.15, 0.2) is 0 Å². The van der Waals surface area contributed by atoms with Gasteiger partial charge in [0.2, 0.25) is 11.8 Å². The lowest BCUT2D eigenvalue weighted by molar-refractivity contribution is -0.122. The van der Waals surface area contributed by atoms with E-state index < -0.39 is 5.97 Å². The Balaban J connectivity index is 1.58. The minimum Gasteiger partial charge on any atom is -0.465 e. The number of nitrogens with zero attached hydrogens (tertiary/aromatic N) is 2. The SMILES string of the molecule is COC(=O)c1ccc(NC(=O)CN2C(=O)[C@H]3CCCC3=Nc3cc(C)c(C)cc32)cc1. The molecule has 1 heterocycles. The van der Waals surface area contributed by atoms with E-state index in [1.54, 1.807) is 29.2 Å². The Morgan fingerprint density at radius 1 is 1.16 bits per heavy atom. The lowest BCUT2D eigenvalue weighted by atomic mass is 10.0. The van der Waals surface area contributed by atoms with Crippen LogP contribution in [0.4, 0.5) is 17.1 Å². The van der Waals surface area contributed by atoms with Crippen LogP contribution < -0.4 is 10.2 Å². The van der Waals surface area contributed by atoms with Crippen LogP contribution in [0.2, 0.25) is 0 Å². The van der Waals surface area contributed by atoms with Crippen molar-refractivity contribution in [1.82, 2.24) is 0 Å². The number of methoxy groups -OCH3 is 1. The summed E-state index contributed by atoms with van der Waals surface area (Å²) in [6.45, 7) is 3.90. The molecule has 2 aromatic carbocycles. The summed E-state index contributed by atoms with van der Waals surface area (Å²) in [6.07, 6.45) is 2.51. The summed E-state index contributed by atoms with van der Waals surface area (Å²) in [6, 6.07) is 10.4. The van der Waals surface area contributed by atoms with Crippen LogP contribution in [0.3, 0.4) is 0 Å². The van der Waals surface area contributed by atoms with Crippen LogP contribution >= 0.6 is 0 Å². The number of benzene rings is 2. The molecule has 1 atom stereocenters. The molecule has 1 N–H and O–H groups in total. The summed E-state index contributed by atoms with van der Waals surface area (Å²) in [5.41, 5.74) is 5.41. The molecule has 2 aliphatic rings. The molecule has 1 saturated carbocycles. The fraction of sp³-hybridized carbons (Fsp3) is 0.333. The molecule has 1 fully saturated rings. The molecule has 31 heavy (non-hydrogen) atoms. The van der Waals surface area contributed by atoms with Gasteiger partial charge in [0.25, 0.3) is 0 Å². The fourth-order valence-electron chi connectivity index (χ4n) is 4.10. The number of carbonyl (C=O) groups excluding carboxylic acids is 3. The van der Waals surface area contributed by atoms with Gasteiger partial charge < -0.3 is 15.0 Å². The van der Waals surface area contributed by atoms with E-state index in [4.69, 9.17) is 4.99 Å². The molecular weight excluding hydrogens is 394 g/mol. The summed E-state index contributed by atoms with van der Waals surface area (Å²) in [4.78, 5) is 44.1. The van der Waals surface area contributed by atoms with Gasteiger partial charge in [-0.3, -0.25) is 14.6 Å². The largest absolute Gasteiger partial charge is 0.465 e. The summed E-state index contributed by atoms with van der Waals surface area (Å²) in [5.74, 6) is -1.10. The van der Waals surface area contributed by atoms with Gasteiger partial charge in [-0.05, 0) is 80.6 Å². The van der Waals surface area contributed by atoms with Gasteiger partial charge in [0.1, 0.15) is 6.54 Å². The molecule has 2 aromatic rings. The van der Waals surface area contributed by atoms with E-state index >= 15 is 0 Å². The molecule has 0 unspecified atom stereocenters. The van der Waals surface area contributed by atoms with Crippen LogP contribution in [-0.2, 0) is 14.3 Å². The molecular formula is C24H25N3O4. The highest BCUT2D eigenvalue weighted by atomic mass is 16.5. The predicted molar refractivity (Wildman–Crippen MR) is 119 cm³/mol. The Kier molecular flexibility index (Phi) is 5.59. The summed E-state index contributed by atoms with van der Waals surface area (Å²) < 4.78 is 4.69. The van der Waals surface area contributed by atoms with Gasteiger partial charge in [0, 0.05) is 11.4 Å². The maximum Gasteiger partial charge on any atom is 0.337 e. The quantitative estimate of drug-likeness (QED) is 0.760. The van der Waals surface area contributed by atoms with Crippen LogP contribution in [0.5, 0.6) is 0 Å². The molecule has 0 saturated heterocycles. The number of esters is 1. The first-order valence-electron chi connectivity index (χ1n) is 10.4. The minimum absolute atomic E-state index is 0.0746. The normalized spacial score (nSPS) is 17.4. The lowest BCUT2D eigenvalue weighted by Gasteiger charge is -2.25. The first-order valence-corrected chi connectivity index (χ1v) is 10.4. The van der Waals surface area contributed by atoms with E-state index in [0.29, 0.717) is 16.9 Å². The molecule has 1 aliphatic heterocycles. The molecule has 0 aromatic heterocycles. The van der Waals surface area contributed by atoms with Gasteiger partial charge in [-0.1, -0.05) is 0 Å². The van der Waals surface area contributed by atoms with Crippen molar-refractivity contribution in [2.24, 2.45) is 10.9 Å². The molecule has 0 radical (unpaired) electrons. The second-order valence-electron chi connectivity index (χ2n) is 8.01. The van der Waals surface area contributed by atoms with E-state index in [9.17, 15) is 14.4 Å². The van der Waals surface area contributed by atoms with Crippen molar-refractivity contribution >= 4 is 40.6 Å². The summed E-state index contributed by atoms with van der Waals surface area (Å²) in [5, 5.41) is 2.81. The van der Waals surface area contributed by atoms with Crippen LogP contribution in [0.1, 0.15) is 40.7 Å². The number of nitrogens with one attached hydrogen (secondary N) is 1. The highest BCUT2D eigenvalue weighted by molar-refractivity contribution is 6.17. The number of fused-ring (bicyclic) bond motifs is 2. The van der Waals surface area contributed by atoms with Crippen molar-refractivity contribution < 1.29 is 19.1 Å². The van der Waals surface area contributed by atoms with Crippen LogP contribution in [0.25, 0.3) is 0 Å². The number of hydrogen-bond donors (Lipinski definition) is 1. The number of ether oxygens (including phenoxy) is 1. The smallest absolute Gasteiger partial charge is 0.337 e. The zero-order valence-corrected chi connectivity index (χ0v) is 17.9. The number of hydrogen-bond acceptors (Lipinski definition) is 5. The minimum atomic E-state index is -0.442. The number of anilines is 2. The number of amides is 2. The number of aliphatic imine (C=N–C) groups is 1. The second kappa shape index (κ2) is 8.34. The Labute approximate surface area is 181 Å². The molecule has 0 spiro atoms. The first kappa shape index (κ1) is 20.8. The van der Waals surface area contributed by atoms with Crippen molar-refractivity contribution in [3.63, 3.8) is 0 Å². The van der Waals surface area contributed by atoms with Crippen LogP contribution in [-0.4, -0.2) is 37.1 Å². The third-order valence-electron chi connectivity index (χ3n) is 5.93. The number of aryl methyl sites for hydroxylation is 2. The maximum atomic E-state index is 13.3. The topological polar surface area (TPSA) is 88.1 Å². The number of carbonyl (C=O) groups is 3. The zero-order valence-electron chi connectivity index (χ0n) is 17.9. The van der Waals surface area contributed by atoms with Gasteiger partial charge >= 0.3 is 5.97 Å². The maximum absolute atomic E-state index is 13.3. The van der Waals surface area contributed by atoms with E-state index in [-0.39, 0.29) is 24.3 Å². The van der Waals surface area contributed by atoms with E-state index in [0.717, 1.165) is 41.8 Å². The van der Waals surface area contributed by atoms with E-state index in [1.807, 2.05) is 26.0 Å². The van der Waals surface area contributed by atoms with Gasteiger partial charge in [0.05, 0.1) is 30.0 Å².